The molecule has 4 nitrogen and oxygen atoms in total. The van der Waals surface area contributed by atoms with Gasteiger partial charge in [0.15, 0.2) is 0 Å². The highest BCUT2D eigenvalue weighted by Gasteiger charge is 2.36. The third-order valence-corrected chi connectivity index (χ3v) is 2.94. The molecule has 15 heavy (non-hydrogen) atoms. The van der Waals surface area contributed by atoms with Crippen molar-refractivity contribution in [3.05, 3.63) is 23.8 Å². The molecule has 2 rings (SSSR count). The molecule has 1 aliphatic rings. The van der Waals surface area contributed by atoms with Crippen LogP contribution in [0.5, 0.6) is 0 Å². The van der Waals surface area contributed by atoms with Gasteiger partial charge in [0.1, 0.15) is 5.60 Å². The Labute approximate surface area is 89.9 Å². The summed E-state index contributed by atoms with van der Waals surface area (Å²) >= 11 is 0. The van der Waals surface area contributed by atoms with E-state index in [1.54, 1.807) is 12.4 Å². The number of nitrogens with zero attached hydrogens (tertiary/aromatic N) is 2. The molecule has 2 unspecified atom stereocenters. The van der Waals surface area contributed by atoms with Crippen LogP contribution in [0, 0.1) is 6.92 Å². The molecule has 2 heterocycles. The lowest BCUT2D eigenvalue weighted by atomic mass is 9.88. The molecule has 2 atom stereocenters. The molecule has 1 aromatic rings. The summed E-state index contributed by atoms with van der Waals surface area (Å²) < 4.78 is 5.82. The number of nitrogens with two attached hydrogens (primary N) is 1. The van der Waals surface area contributed by atoms with Gasteiger partial charge in [-0.1, -0.05) is 0 Å². The highest BCUT2D eigenvalue weighted by Crippen LogP contribution is 2.33. The van der Waals surface area contributed by atoms with Crippen LogP contribution in [0.25, 0.3) is 0 Å². The lowest BCUT2D eigenvalue weighted by molar-refractivity contribution is -0.0800. The number of ether oxygens (including phenoxy) is 1. The molecule has 0 radical (unpaired) electrons. The Morgan fingerprint density at radius 3 is 2.87 bits per heavy atom. The van der Waals surface area contributed by atoms with Crippen molar-refractivity contribution < 1.29 is 4.74 Å². The molecular formula is C11H17N3O. The van der Waals surface area contributed by atoms with Gasteiger partial charge in [-0.3, -0.25) is 9.97 Å². The highest BCUT2D eigenvalue weighted by atomic mass is 16.5. The predicted molar refractivity (Wildman–Crippen MR) is 57.3 cm³/mol. The van der Waals surface area contributed by atoms with Crippen LogP contribution in [0.15, 0.2) is 12.4 Å². The Balaban J connectivity index is 2.32. The second kappa shape index (κ2) is 3.87. The molecular weight excluding hydrogens is 190 g/mol. The van der Waals surface area contributed by atoms with E-state index < -0.39 is 0 Å². The van der Waals surface area contributed by atoms with Gasteiger partial charge in [0, 0.05) is 25.0 Å². The first-order chi connectivity index (χ1) is 7.12. The molecule has 82 valence electrons. The summed E-state index contributed by atoms with van der Waals surface area (Å²) in [6.45, 7) is 4.70. The van der Waals surface area contributed by atoms with Crippen LogP contribution < -0.4 is 5.73 Å². The Kier molecular flexibility index (Phi) is 2.71. The summed E-state index contributed by atoms with van der Waals surface area (Å²) in [7, 11) is 0. The van der Waals surface area contributed by atoms with Crippen molar-refractivity contribution in [3.8, 4) is 0 Å². The van der Waals surface area contributed by atoms with Crippen LogP contribution in [0.4, 0.5) is 0 Å². The molecule has 4 heteroatoms. The summed E-state index contributed by atoms with van der Waals surface area (Å²) in [4.78, 5) is 8.61. The van der Waals surface area contributed by atoms with E-state index in [0.717, 1.165) is 24.2 Å². The summed E-state index contributed by atoms with van der Waals surface area (Å²) in [5, 5.41) is 0. The van der Waals surface area contributed by atoms with Gasteiger partial charge in [0.05, 0.1) is 11.4 Å². The molecule has 1 aliphatic heterocycles. The minimum Gasteiger partial charge on any atom is -0.369 e. The Hall–Kier alpha value is -1.00. The van der Waals surface area contributed by atoms with Gasteiger partial charge in [-0.15, -0.1) is 0 Å². The molecule has 1 saturated heterocycles. The van der Waals surface area contributed by atoms with E-state index >= 15 is 0 Å². The third kappa shape index (κ3) is 2.01. The highest BCUT2D eigenvalue weighted by molar-refractivity contribution is 5.18. The standard InChI is InChI=1S/C11H17N3O/c1-8-10(14-5-4-13-8)11(2)7-9(12)3-6-15-11/h4-5,9H,3,6-7,12H2,1-2H3. The Bertz CT molecular complexity index is 355. The second-order valence-corrected chi connectivity index (χ2v) is 4.32. The van der Waals surface area contributed by atoms with Crippen molar-refractivity contribution in [3.63, 3.8) is 0 Å². The minimum absolute atomic E-state index is 0.199. The summed E-state index contributed by atoms with van der Waals surface area (Å²) in [6.07, 6.45) is 5.14. The number of aryl methyl sites for hydroxylation is 1. The number of aromatic nitrogens is 2. The second-order valence-electron chi connectivity index (χ2n) is 4.32. The fraction of sp³-hybridized carbons (Fsp3) is 0.636. The van der Waals surface area contributed by atoms with Gasteiger partial charge in [-0.05, 0) is 26.7 Å². The van der Waals surface area contributed by atoms with Crippen LogP contribution >= 0.6 is 0 Å². The molecule has 0 saturated carbocycles. The summed E-state index contributed by atoms with van der Waals surface area (Å²) in [5.41, 5.74) is 7.45. The van der Waals surface area contributed by atoms with Crippen LogP contribution in [0.2, 0.25) is 0 Å². The van der Waals surface area contributed by atoms with Crippen molar-refractivity contribution in [1.82, 2.24) is 9.97 Å². The van der Waals surface area contributed by atoms with Crippen LogP contribution in [0.1, 0.15) is 31.2 Å². The molecule has 0 spiro atoms. The SMILES string of the molecule is Cc1nccnc1C1(C)CC(N)CCO1. The van der Waals surface area contributed by atoms with Crippen LogP contribution in [-0.2, 0) is 10.3 Å². The van der Waals surface area contributed by atoms with Crippen molar-refractivity contribution >= 4 is 0 Å². The number of hydrogen-bond acceptors (Lipinski definition) is 4. The van der Waals surface area contributed by atoms with Crippen LogP contribution in [0.3, 0.4) is 0 Å². The van der Waals surface area contributed by atoms with E-state index in [2.05, 4.69) is 9.97 Å². The number of hydrogen-bond donors (Lipinski definition) is 1. The monoisotopic (exact) mass is 207 g/mol. The van der Waals surface area contributed by atoms with Gasteiger partial charge in [-0.2, -0.15) is 0 Å². The molecule has 0 amide bonds. The average Bonchev–Trinajstić information content (AvgIpc) is 2.17. The Morgan fingerprint density at radius 1 is 1.47 bits per heavy atom. The quantitative estimate of drug-likeness (QED) is 0.750. The van der Waals surface area contributed by atoms with Gasteiger partial charge < -0.3 is 10.5 Å². The first-order valence-electron chi connectivity index (χ1n) is 5.29. The van der Waals surface area contributed by atoms with E-state index in [4.69, 9.17) is 10.5 Å². The van der Waals surface area contributed by atoms with Crippen molar-refractivity contribution in [2.24, 2.45) is 5.73 Å². The normalized spacial score (nSPS) is 31.5. The average molecular weight is 207 g/mol. The van der Waals surface area contributed by atoms with E-state index in [-0.39, 0.29) is 11.6 Å². The largest absolute Gasteiger partial charge is 0.369 e. The smallest absolute Gasteiger partial charge is 0.110 e. The van der Waals surface area contributed by atoms with E-state index in [9.17, 15) is 0 Å². The lowest BCUT2D eigenvalue weighted by Crippen LogP contribution is -2.42. The molecule has 0 aliphatic carbocycles. The first kappa shape index (κ1) is 10.5. The van der Waals surface area contributed by atoms with E-state index in [0.29, 0.717) is 6.61 Å². The maximum absolute atomic E-state index is 5.97. The minimum atomic E-state index is -0.365. The first-order valence-corrected chi connectivity index (χ1v) is 5.29. The zero-order valence-electron chi connectivity index (χ0n) is 9.23. The van der Waals surface area contributed by atoms with Crippen molar-refractivity contribution in [2.75, 3.05) is 6.61 Å². The van der Waals surface area contributed by atoms with Crippen molar-refractivity contribution in [1.29, 1.82) is 0 Å². The topological polar surface area (TPSA) is 61.0 Å². The lowest BCUT2D eigenvalue weighted by Gasteiger charge is -2.36. The maximum atomic E-state index is 5.97. The summed E-state index contributed by atoms with van der Waals surface area (Å²) in [5.74, 6) is 0. The van der Waals surface area contributed by atoms with Gasteiger partial charge >= 0.3 is 0 Å². The van der Waals surface area contributed by atoms with Gasteiger partial charge in [0.2, 0.25) is 0 Å². The van der Waals surface area contributed by atoms with E-state index in [1.807, 2.05) is 13.8 Å². The molecule has 2 N–H and O–H groups in total. The zero-order valence-corrected chi connectivity index (χ0v) is 9.23. The summed E-state index contributed by atoms with van der Waals surface area (Å²) in [6, 6.07) is 0.199. The van der Waals surface area contributed by atoms with Gasteiger partial charge in [-0.25, -0.2) is 0 Å². The van der Waals surface area contributed by atoms with Gasteiger partial charge in [0.25, 0.3) is 0 Å². The molecule has 0 aromatic carbocycles. The third-order valence-electron chi connectivity index (χ3n) is 2.94. The van der Waals surface area contributed by atoms with Crippen molar-refractivity contribution in [2.45, 2.75) is 38.3 Å². The Morgan fingerprint density at radius 2 is 2.20 bits per heavy atom. The molecule has 1 aromatic heterocycles. The fourth-order valence-electron chi connectivity index (χ4n) is 2.19. The fourth-order valence-corrected chi connectivity index (χ4v) is 2.19. The maximum Gasteiger partial charge on any atom is 0.110 e. The van der Waals surface area contributed by atoms with Crippen LogP contribution in [-0.4, -0.2) is 22.6 Å². The molecule has 0 bridgehead atoms. The number of rotatable bonds is 1. The molecule has 1 fully saturated rings. The zero-order chi connectivity index (χ0) is 10.9. The van der Waals surface area contributed by atoms with E-state index in [1.165, 1.54) is 0 Å². The predicted octanol–water partition coefficient (Wildman–Crippen LogP) is 1.14.